The molecule has 1 rings (SSSR count). The van der Waals surface area contributed by atoms with Crippen molar-refractivity contribution in [1.29, 1.82) is 0 Å². The van der Waals surface area contributed by atoms with E-state index >= 15 is 0 Å². The first-order valence-corrected chi connectivity index (χ1v) is 4.70. The highest BCUT2D eigenvalue weighted by Gasteiger charge is 2.01. The van der Waals surface area contributed by atoms with Crippen LogP contribution in [0.15, 0.2) is 18.2 Å². The number of nitrogens with two attached hydrogens (primary N) is 1. The monoisotopic (exact) mass is 178 g/mol. The van der Waals surface area contributed by atoms with Gasteiger partial charge >= 0.3 is 0 Å². The molecule has 13 heavy (non-hydrogen) atoms. The summed E-state index contributed by atoms with van der Waals surface area (Å²) in [5.41, 5.74) is 8.97. The second kappa shape index (κ2) is 4.17. The van der Waals surface area contributed by atoms with Gasteiger partial charge in [0.05, 0.1) is 11.4 Å². The number of nitrogen functional groups attached to an aromatic ring is 1. The summed E-state index contributed by atoms with van der Waals surface area (Å²) in [4.78, 5) is 0. The Morgan fingerprint density at radius 2 is 2.08 bits per heavy atom. The van der Waals surface area contributed by atoms with Crippen LogP contribution in [-0.4, -0.2) is 6.54 Å². The molecule has 2 heteroatoms. The zero-order chi connectivity index (χ0) is 9.84. The summed E-state index contributed by atoms with van der Waals surface area (Å²) in [6.07, 6.45) is 0. The molecule has 0 atom stereocenters. The van der Waals surface area contributed by atoms with Gasteiger partial charge in [0.1, 0.15) is 0 Å². The van der Waals surface area contributed by atoms with Crippen molar-refractivity contribution in [2.24, 2.45) is 5.92 Å². The van der Waals surface area contributed by atoms with Gasteiger partial charge in [0.25, 0.3) is 0 Å². The molecule has 0 fully saturated rings. The summed E-state index contributed by atoms with van der Waals surface area (Å²) in [6, 6.07) is 5.97. The third kappa shape index (κ3) is 2.65. The first kappa shape index (κ1) is 9.90. The molecule has 0 aliphatic carbocycles. The van der Waals surface area contributed by atoms with E-state index < -0.39 is 0 Å². The van der Waals surface area contributed by atoms with Crippen LogP contribution >= 0.6 is 0 Å². The van der Waals surface area contributed by atoms with Crippen LogP contribution in [0, 0.1) is 12.8 Å². The van der Waals surface area contributed by atoms with Crippen LogP contribution in [0.2, 0.25) is 0 Å². The van der Waals surface area contributed by atoms with Crippen molar-refractivity contribution in [3.05, 3.63) is 23.8 Å². The van der Waals surface area contributed by atoms with Gasteiger partial charge in [0.15, 0.2) is 0 Å². The smallest absolute Gasteiger partial charge is 0.0603 e. The fourth-order valence-electron chi connectivity index (χ4n) is 1.24. The van der Waals surface area contributed by atoms with Crippen LogP contribution in [0.5, 0.6) is 0 Å². The molecule has 0 saturated carbocycles. The summed E-state index contributed by atoms with van der Waals surface area (Å²) in [7, 11) is 0. The van der Waals surface area contributed by atoms with E-state index in [2.05, 4.69) is 32.2 Å². The summed E-state index contributed by atoms with van der Waals surface area (Å²) in [5.74, 6) is 0.638. The average molecular weight is 178 g/mol. The fraction of sp³-hybridized carbons (Fsp3) is 0.455. The van der Waals surface area contributed by atoms with Crippen LogP contribution < -0.4 is 11.1 Å². The normalized spacial score (nSPS) is 10.5. The topological polar surface area (TPSA) is 38.0 Å². The van der Waals surface area contributed by atoms with Crippen molar-refractivity contribution >= 4 is 11.4 Å². The fourth-order valence-corrected chi connectivity index (χ4v) is 1.24. The zero-order valence-corrected chi connectivity index (χ0v) is 8.59. The molecule has 0 aliphatic rings. The molecular formula is C11H18N2. The van der Waals surface area contributed by atoms with Gasteiger partial charge < -0.3 is 11.1 Å². The Morgan fingerprint density at radius 1 is 1.38 bits per heavy atom. The standard InChI is InChI=1S/C11H18N2/c1-8(2)7-13-11-9(3)5-4-6-10(11)12/h4-6,8,13H,7,12H2,1-3H3. The predicted octanol–water partition coefficient (Wildman–Crippen LogP) is 2.65. The summed E-state index contributed by atoms with van der Waals surface area (Å²) in [5, 5.41) is 3.36. The van der Waals surface area contributed by atoms with Gasteiger partial charge in [-0.05, 0) is 24.5 Å². The van der Waals surface area contributed by atoms with Crippen molar-refractivity contribution in [2.45, 2.75) is 20.8 Å². The van der Waals surface area contributed by atoms with E-state index in [0.717, 1.165) is 17.9 Å². The molecule has 72 valence electrons. The third-order valence-corrected chi connectivity index (χ3v) is 1.99. The Balaban J connectivity index is 2.75. The first-order chi connectivity index (χ1) is 6.11. The number of aryl methyl sites for hydroxylation is 1. The van der Waals surface area contributed by atoms with Crippen molar-refractivity contribution < 1.29 is 0 Å². The quantitative estimate of drug-likeness (QED) is 0.698. The molecule has 0 bridgehead atoms. The Kier molecular flexibility index (Phi) is 3.18. The van der Waals surface area contributed by atoms with Crippen LogP contribution in [0.4, 0.5) is 11.4 Å². The number of hydrogen-bond donors (Lipinski definition) is 2. The van der Waals surface area contributed by atoms with Crippen LogP contribution in [0.1, 0.15) is 19.4 Å². The van der Waals surface area contributed by atoms with Gasteiger partial charge in [-0.3, -0.25) is 0 Å². The molecule has 3 N–H and O–H groups in total. The van der Waals surface area contributed by atoms with Crippen molar-refractivity contribution in [3.8, 4) is 0 Å². The molecule has 0 radical (unpaired) electrons. The number of benzene rings is 1. The van der Waals surface area contributed by atoms with E-state index in [0.29, 0.717) is 5.92 Å². The Labute approximate surface area is 80.1 Å². The van der Waals surface area contributed by atoms with Gasteiger partial charge in [0, 0.05) is 6.54 Å². The van der Waals surface area contributed by atoms with E-state index in [-0.39, 0.29) is 0 Å². The first-order valence-electron chi connectivity index (χ1n) is 4.70. The maximum atomic E-state index is 5.85. The molecule has 1 aromatic rings. The lowest BCUT2D eigenvalue weighted by atomic mass is 10.1. The van der Waals surface area contributed by atoms with Crippen molar-refractivity contribution in [1.82, 2.24) is 0 Å². The van der Waals surface area contributed by atoms with Gasteiger partial charge in [-0.2, -0.15) is 0 Å². The predicted molar refractivity (Wildman–Crippen MR) is 58.9 cm³/mol. The minimum Gasteiger partial charge on any atom is -0.397 e. The molecule has 0 heterocycles. The van der Waals surface area contributed by atoms with E-state index in [9.17, 15) is 0 Å². The molecule has 0 spiro atoms. The lowest BCUT2D eigenvalue weighted by Crippen LogP contribution is -2.10. The Morgan fingerprint density at radius 3 is 2.62 bits per heavy atom. The Hall–Kier alpha value is -1.18. The molecule has 0 aliphatic heterocycles. The van der Waals surface area contributed by atoms with Gasteiger partial charge in [0.2, 0.25) is 0 Å². The molecule has 0 unspecified atom stereocenters. The number of nitrogens with one attached hydrogen (secondary N) is 1. The molecule has 0 saturated heterocycles. The van der Waals surface area contributed by atoms with Crippen molar-refractivity contribution in [3.63, 3.8) is 0 Å². The minimum atomic E-state index is 0.638. The highest BCUT2D eigenvalue weighted by molar-refractivity contribution is 5.69. The molecule has 1 aromatic carbocycles. The third-order valence-electron chi connectivity index (χ3n) is 1.99. The second-order valence-electron chi connectivity index (χ2n) is 3.81. The van der Waals surface area contributed by atoms with E-state index in [1.54, 1.807) is 0 Å². The average Bonchev–Trinajstić information content (AvgIpc) is 2.03. The SMILES string of the molecule is Cc1cccc(N)c1NCC(C)C. The number of para-hydroxylation sites is 1. The highest BCUT2D eigenvalue weighted by Crippen LogP contribution is 2.22. The van der Waals surface area contributed by atoms with Crippen LogP contribution in [0.25, 0.3) is 0 Å². The van der Waals surface area contributed by atoms with Gasteiger partial charge in [-0.1, -0.05) is 26.0 Å². The number of rotatable bonds is 3. The minimum absolute atomic E-state index is 0.638. The molecule has 0 amide bonds. The zero-order valence-electron chi connectivity index (χ0n) is 8.59. The number of hydrogen-bond acceptors (Lipinski definition) is 2. The summed E-state index contributed by atoms with van der Waals surface area (Å²) < 4.78 is 0. The van der Waals surface area contributed by atoms with Gasteiger partial charge in [-0.25, -0.2) is 0 Å². The maximum Gasteiger partial charge on any atom is 0.0603 e. The van der Waals surface area contributed by atoms with Gasteiger partial charge in [-0.15, -0.1) is 0 Å². The summed E-state index contributed by atoms with van der Waals surface area (Å²) >= 11 is 0. The van der Waals surface area contributed by atoms with Crippen LogP contribution in [-0.2, 0) is 0 Å². The van der Waals surface area contributed by atoms with E-state index in [4.69, 9.17) is 5.73 Å². The number of anilines is 2. The van der Waals surface area contributed by atoms with E-state index in [1.807, 2.05) is 12.1 Å². The van der Waals surface area contributed by atoms with Crippen LogP contribution in [0.3, 0.4) is 0 Å². The highest BCUT2D eigenvalue weighted by atomic mass is 14.9. The maximum absolute atomic E-state index is 5.85. The largest absolute Gasteiger partial charge is 0.397 e. The lowest BCUT2D eigenvalue weighted by Gasteiger charge is -2.13. The second-order valence-corrected chi connectivity index (χ2v) is 3.81. The van der Waals surface area contributed by atoms with E-state index in [1.165, 1.54) is 5.56 Å². The molecular weight excluding hydrogens is 160 g/mol. The molecule has 2 nitrogen and oxygen atoms in total. The van der Waals surface area contributed by atoms with Crippen molar-refractivity contribution in [2.75, 3.05) is 17.6 Å². The lowest BCUT2D eigenvalue weighted by molar-refractivity contribution is 0.689. The molecule has 0 aromatic heterocycles. The summed E-state index contributed by atoms with van der Waals surface area (Å²) in [6.45, 7) is 7.40. The Bertz CT molecular complexity index is 259.